The zero-order valence-corrected chi connectivity index (χ0v) is 19.8. The average Bonchev–Trinajstić information content (AvgIpc) is 3.20. The molecule has 0 saturated heterocycles. The van der Waals surface area contributed by atoms with Crippen molar-refractivity contribution in [3.05, 3.63) is 70.9 Å². The highest BCUT2D eigenvalue weighted by Gasteiger charge is 2.42. The molecular formula is C27H30N4O2. The van der Waals surface area contributed by atoms with E-state index in [2.05, 4.69) is 58.5 Å². The second-order valence-corrected chi connectivity index (χ2v) is 9.97. The lowest BCUT2D eigenvalue weighted by Crippen LogP contribution is -2.33. The number of anilines is 2. The van der Waals surface area contributed by atoms with Crippen LogP contribution in [0.15, 0.2) is 59.8 Å². The summed E-state index contributed by atoms with van der Waals surface area (Å²) in [5.74, 6) is 1.64. The lowest BCUT2D eigenvalue weighted by molar-refractivity contribution is -0.118. The predicted molar refractivity (Wildman–Crippen MR) is 132 cm³/mol. The SMILES string of the molecule is COc1ccc(-c2[nH]nc3c2[C@@H](c2ccc(N(C)C)cc2)C2=C(CC(C)(C)CC2=O)N3)cc1. The minimum atomic E-state index is -0.174. The molecule has 2 aliphatic rings. The summed E-state index contributed by atoms with van der Waals surface area (Å²) in [7, 11) is 5.72. The molecule has 3 aromatic rings. The molecule has 0 bridgehead atoms. The quantitative estimate of drug-likeness (QED) is 0.570. The minimum Gasteiger partial charge on any atom is -0.497 e. The fourth-order valence-electron chi connectivity index (χ4n) is 5.07. The van der Waals surface area contributed by atoms with Crippen molar-refractivity contribution in [3.63, 3.8) is 0 Å². The van der Waals surface area contributed by atoms with E-state index in [4.69, 9.17) is 4.74 Å². The molecule has 33 heavy (non-hydrogen) atoms. The molecule has 0 fully saturated rings. The van der Waals surface area contributed by atoms with Crippen LogP contribution in [0.1, 0.15) is 43.7 Å². The van der Waals surface area contributed by atoms with Gasteiger partial charge in [0.25, 0.3) is 0 Å². The number of carbonyl (C=O) groups excluding carboxylic acids is 1. The number of ketones is 1. The second-order valence-electron chi connectivity index (χ2n) is 9.97. The predicted octanol–water partition coefficient (Wildman–Crippen LogP) is 5.35. The maximum atomic E-state index is 13.5. The van der Waals surface area contributed by atoms with Gasteiger partial charge in [-0.3, -0.25) is 9.89 Å². The molecule has 2 aromatic carbocycles. The number of allylic oxidation sites excluding steroid dienone is 2. The first-order valence-electron chi connectivity index (χ1n) is 11.3. The summed E-state index contributed by atoms with van der Waals surface area (Å²) >= 11 is 0. The van der Waals surface area contributed by atoms with E-state index in [0.29, 0.717) is 6.42 Å². The van der Waals surface area contributed by atoms with Crippen molar-refractivity contribution in [1.82, 2.24) is 10.2 Å². The van der Waals surface area contributed by atoms with Gasteiger partial charge in [-0.1, -0.05) is 26.0 Å². The molecule has 5 rings (SSSR count). The number of hydrogen-bond donors (Lipinski definition) is 2. The zero-order valence-electron chi connectivity index (χ0n) is 19.8. The van der Waals surface area contributed by atoms with Crippen molar-refractivity contribution in [2.75, 3.05) is 31.4 Å². The molecular weight excluding hydrogens is 412 g/mol. The first-order chi connectivity index (χ1) is 15.8. The van der Waals surface area contributed by atoms with Gasteiger partial charge in [-0.15, -0.1) is 0 Å². The summed E-state index contributed by atoms with van der Waals surface area (Å²) < 4.78 is 5.33. The Morgan fingerprint density at radius 1 is 1.03 bits per heavy atom. The standard InChI is InChI=1S/C27H30N4O2/c1-27(2)14-20-23(21(32)15-27)22(16-6-10-18(11-7-16)31(3)4)24-25(29-30-26(24)28-20)17-8-12-19(33-5)13-9-17/h6-13,22H,14-15H2,1-5H3,(H2,28,29,30)/t22-/m0/s1. The number of fused-ring (bicyclic) bond motifs is 1. The van der Waals surface area contributed by atoms with Gasteiger partial charge >= 0.3 is 0 Å². The van der Waals surface area contributed by atoms with E-state index in [1.54, 1.807) is 7.11 Å². The Kier molecular flexibility index (Phi) is 5.04. The molecule has 1 aliphatic heterocycles. The van der Waals surface area contributed by atoms with Crippen LogP contribution in [0, 0.1) is 5.41 Å². The minimum absolute atomic E-state index is 0.0745. The van der Waals surface area contributed by atoms with Crippen LogP contribution in [0.3, 0.4) is 0 Å². The normalized spacial score (nSPS) is 18.9. The van der Waals surface area contributed by atoms with E-state index in [9.17, 15) is 4.79 Å². The molecule has 6 heteroatoms. The number of benzene rings is 2. The van der Waals surface area contributed by atoms with Crippen molar-refractivity contribution in [2.24, 2.45) is 5.41 Å². The van der Waals surface area contributed by atoms with E-state index in [1.807, 2.05) is 38.4 Å². The van der Waals surface area contributed by atoms with E-state index in [1.165, 1.54) is 0 Å². The van der Waals surface area contributed by atoms with Gasteiger partial charge in [-0.2, -0.15) is 5.10 Å². The molecule has 2 N–H and O–H groups in total. The van der Waals surface area contributed by atoms with E-state index in [-0.39, 0.29) is 17.1 Å². The third-order valence-corrected chi connectivity index (χ3v) is 6.69. The summed E-state index contributed by atoms with van der Waals surface area (Å²) in [5, 5.41) is 11.4. The smallest absolute Gasteiger partial charge is 0.162 e. The number of nitrogens with one attached hydrogen (secondary N) is 2. The molecule has 2 heterocycles. The Hall–Kier alpha value is -3.54. The Labute approximate surface area is 194 Å². The lowest BCUT2D eigenvalue weighted by Gasteiger charge is -2.38. The van der Waals surface area contributed by atoms with E-state index >= 15 is 0 Å². The Bertz CT molecular complexity index is 1230. The van der Waals surface area contributed by atoms with Crippen LogP contribution >= 0.6 is 0 Å². The van der Waals surface area contributed by atoms with Crippen LogP contribution in [-0.4, -0.2) is 37.2 Å². The highest BCUT2D eigenvalue weighted by molar-refractivity contribution is 6.02. The summed E-state index contributed by atoms with van der Waals surface area (Å²) in [6.45, 7) is 4.31. The molecule has 0 saturated carbocycles. The topological polar surface area (TPSA) is 70.2 Å². The van der Waals surface area contributed by atoms with Gasteiger partial charge in [-0.25, -0.2) is 0 Å². The van der Waals surface area contributed by atoms with Gasteiger partial charge in [0.1, 0.15) is 5.75 Å². The number of aromatic nitrogens is 2. The number of H-pyrrole nitrogens is 1. The van der Waals surface area contributed by atoms with Crippen LogP contribution in [0.5, 0.6) is 5.75 Å². The Morgan fingerprint density at radius 2 is 1.73 bits per heavy atom. The molecule has 170 valence electrons. The van der Waals surface area contributed by atoms with Crippen molar-refractivity contribution < 1.29 is 9.53 Å². The number of aromatic amines is 1. The van der Waals surface area contributed by atoms with Crippen LogP contribution in [0.2, 0.25) is 0 Å². The zero-order chi connectivity index (χ0) is 23.3. The van der Waals surface area contributed by atoms with E-state index < -0.39 is 0 Å². The number of ether oxygens (including phenoxy) is 1. The maximum absolute atomic E-state index is 13.5. The van der Waals surface area contributed by atoms with Crippen molar-refractivity contribution in [1.29, 1.82) is 0 Å². The van der Waals surface area contributed by atoms with Crippen LogP contribution in [0.4, 0.5) is 11.5 Å². The summed E-state index contributed by atoms with van der Waals surface area (Å²) in [6.07, 6.45) is 1.37. The molecule has 1 aliphatic carbocycles. The van der Waals surface area contributed by atoms with Gasteiger partial charge in [0.05, 0.1) is 12.8 Å². The molecule has 6 nitrogen and oxygen atoms in total. The van der Waals surface area contributed by atoms with Crippen LogP contribution in [0.25, 0.3) is 11.3 Å². The second kappa shape index (κ2) is 7.80. The molecule has 0 amide bonds. The van der Waals surface area contributed by atoms with Gasteiger partial charge < -0.3 is 15.0 Å². The monoisotopic (exact) mass is 442 g/mol. The highest BCUT2D eigenvalue weighted by atomic mass is 16.5. The molecule has 0 radical (unpaired) electrons. The van der Waals surface area contributed by atoms with E-state index in [0.717, 1.165) is 57.3 Å². The third kappa shape index (κ3) is 3.69. The number of methoxy groups -OCH3 is 1. The van der Waals surface area contributed by atoms with Crippen LogP contribution < -0.4 is 15.0 Å². The maximum Gasteiger partial charge on any atom is 0.162 e. The first kappa shape index (κ1) is 21.3. The Morgan fingerprint density at radius 3 is 2.36 bits per heavy atom. The number of rotatable bonds is 4. The third-order valence-electron chi connectivity index (χ3n) is 6.69. The number of hydrogen-bond acceptors (Lipinski definition) is 5. The van der Waals surface area contributed by atoms with Crippen molar-refractivity contribution in [3.8, 4) is 17.0 Å². The lowest BCUT2D eigenvalue weighted by atomic mass is 9.69. The fourth-order valence-corrected chi connectivity index (χ4v) is 5.07. The first-order valence-corrected chi connectivity index (χ1v) is 11.3. The summed E-state index contributed by atoms with van der Waals surface area (Å²) in [4.78, 5) is 15.6. The number of Topliss-reactive ketones (excluding diaryl/α,β-unsaturated/α-hetero) is 1. The van der Waals surface area contributed by atoms with Gasteiger partial charge in [0, 0.05) is 54.5 Å². The fraction of sp³-hybridized carbons (Fsp3) is 0.333. The molecule has 1 aromatic heterocycles. The van der Waals surface area contributed by atoms with Crippen LogP contribution in [-0.2, 0) is 4.79 Å². The highest BCUT2D eigenvalue weighted by Crippen LogP contribution is 2.51. The molecule has 0 unspecified atom stereocenters. The van der Waals surface area contributed by atoms with Gasteiger partial charge in [-0.05, 0) is 53.8 Å². The molecule has 1 atom stereocenters. The average molecular weight is 443 g/mol. The number of carbonyl (C=O) groups is 1. The largest absolute Gasteiger partial charge is 0.497 e. The molecule has 0 spiro atoms. The summed E-state index contributed by atoms with van der Waals surface area (Å²) in [5.41, 5.74) is 6.97. The Balaban J connectivity index is 1.69. The summed E-state index contributed by atoms with van der Waals surface area (Å²) in [6, 6.07) is 16.4. The van der Waals surface area contributed by atoms with Crippen molar-refractivity contribution in [2.45, 2.75) is 32.6 Å². The van der Waals surface area contributed by atoms with Gasteiger partial charge in [0.2, 0.25) is 0 Å². The van der Waals surface area contributed by atoms with Gasteiger partial charge in [0.15, 0.2) is 11.6 Å². The number of nitrogens with zero attached hydrogens (tertiary/aromatic N) is 2. The van der Waals surface area contributed by atoms with Crippen molar-refractivity contribution >= 4 is 17.3 Å².